The van der Waals surface area contributed by atoms with Crippen molar-refractivity contribution < 1.29 is 9.18 Å². The normalized spacial score (nSPS) is 10.3. The predicted molar refractivity (Wildman–Crippen MR) is 59.9 cm³/mol. The number of nitrogens with two attached hydrogens (primary N) is 1. The van der Waals surface area contributed by atoms with Gasteiger partial charge in [-0.25, -0.2) is 4.39 Å². The Bertz CT molecular complexity index is 357. The molecule has 0 saturated heterocycles. The largest absolute Gasteiger partial charge is 0.369 e. The number of carbonyl (C=O) groups is 1. The van der Waals surface area contributed by atoms with Gasteiger partial charge >= 0.3 is 0 Å². The van der Waals surface area contributed by atoms with Crippen molar-refractivity contribution in [2.24, 2.45) is 5.73 Å². The van der Waals surface area contributed by atoms with Gasteiger partial charge in [-0.3, -0.25) is 4.79 Å². The monoisotopic (exact) mass is 274 g/mol. The first-order valence-corrected chi connectivity index (χ1v) is 5.32. The lowest BCUT2D eigenvalue weighted by molar-refractivity contribution is -0.117. The molecular weight excluding hydrogens is 263 g/mol. The number of rotatable bonds is 5. The third-order valence-electron chi connectivity index (χ3n) is 1.88. The molecule has 3 nitrogen and oxygen atoms in total. The molecule has 82 valence electrons. The molecule has 1 aromatic carbocycles. The van der Waals surface area contributed by atoms with Crippen LogP contribution in [0.1, 0.15) is 5.56 Å². The molecule has 1 rings (SSSR count). The minimum Gasteiger partial charge on any atom is -0.369 e. The Balaban J connectivity index is 2.43. The van der Waals surface area contributed by atoms with Crippen LogP contribution in [0.4, 0.5) is 4.39 Å². The molecular formula is C10H12BrFN2O. The second-order valence-electron chi connectivity index (χ2n) is 3.13. The maximum absolute atomic E-state index is 13.2. The van der Waals surface area contributed by atoms with Crippen LogP contribution >= 0.6 is 15.9 Å². The van der Waals surface area contributed by atoms with Gasteiger partial charge in [0.15, 0.2) is 0 Å². The van der Waals surface area contributed by atoms with E-state index in [1.165, 1.54) is 6.07 Å². The fourth-order valence-electron chi connectivity index (χ4n) is 1.17. The van der Waals surface area contributed by atoms with Crippen molar-refractivity contribution in [2.75, 3.05) is 13.1 Å². The van der Waals surface area contributed by atoms with E-state index in [4.69, 9.17) is 5.73 Å². The van der Waals surface area contributed by atoms with E-state index in [1.54, 1.807) is 12.1 Å². The number of carbonyl (C=O) groups excluding carboxylic acids is 1. The third-order valence-corrected chi connectivity index (χ3v) is 2.37. The highest BCUT2D eigenvalue weighted by Crippen LogP contribution is 2.15. The molecule has 3 N–H and O–H groups in total. The van der Waals surface area contributed by atoms with Crippen LogP contribution in [0.2, 0.25) is 0 Å². The molecule has 0 aliphatic rings. The first-order valence-electron chi connectivity index (χ1n) is 4.52. The zero-order valence-corrected chi connectivity index (χ0v) is 9.68. The van der Waals surface area contributed by atoms with Crippen molar-refractivity contribution >= 4 is 21.8 Å². The minimum atomic E-state index is -0.412. The summed E-state index contributed by atoms with van der Waals surface area (Å²) in [7, 11) is 0. The zero-order valence-electron chi connectivity index (χ0n) is 8.09. The summed E-state index contributed by atoms with van der Waals surface area (Å²) in [6.45, 7) is 0.645. The quantitative estimate of drug-likeness (QED) is 0.793. The van der Waals surface area contributed by atoms with E-state index in [-0.39, 0.29) is 12.4 Å². The van der Waals surface area contributed by atoms with Gasteiger partial charge in [0.25, 0.3) is 0 Å². The summed E-state index contributed by atoms with van der Waals surface area (Å²) in [6, 6.07) is 4.78. The molecule has 0 aliphatic heterocycles. The highest BCUT2D eigenvalue weighted by Gasteiger charge is 2.02. The van der Waals surface area contributed by atoms with Crippen molar-refractivity contribution in [3.63, 3.8) is 0 Å². The van der Waals surface area contributed by atoms with Gasteiger partial charge in [-0.1, -0.05) is 15.9 Å². The van der Waals surface area contributed by atoms with Crippen LogP contribution in [-0.2, 0) is 11.2 Å². The van der Waals surface area contributed by atoms with Gasteiger partial charge in [0.1, 0.15) is 5.82 Å². The molecule has 0 fully saturated rings. The summed E-state index contributed by atoms with van der Waals surface area (Å²) in [5, 5.41) is 2.82. The number of hydrogen-bond acceptors (Lipinski definition) is 2. The van der Waals surface area contributed by atoms with Gasteiger partial charge in [-0.05, 0) is 36.7 Å². The van der Waals surface area contributed by atoms with E-state index < -0.39 is 5.91 Å². The van der Waals surface area contributed by atoms with E-state index >= 15 is 0 Å². The molecule has 0 unspecified atom stereocenters. The number of halogens is 2. The topological polar surface area (TPSA) is 55.1 Å². The lowest BCUT2D eigenvalue weighted by atomic mass is 10.1. The Morgan fingerprint density at radius 3 is 2.93 bits per heavy atom. The van der Waals surface area contributed by atoms with Gasteiger partial charge in [-0.2, -0.15) is 0 Å². The average Bonchev–Trinajstić information content (AvgIpc) is 2.17. The van der Waals surface area contributed by atoms with Crippen molar-refractivity contribution in [3.05, 3.63) is 34.1 Å². The van der Waals surface area contributed by atoms with Crippen LogP contribution in [0.25, 0.3) is 0 Å². The summed E-state index contributed by atoms with van der Waals surface area (Å²) < 4.78 is 14.1. The molecule has 1 amide bonds. The number of primary amides is 1. The summed E-state index contributed by atoms with van der Waals surface area (Å²) >= 11 is 3.27. The second-order valence-corrected chi connectivity index (χ2v) is 4.04. The molecule has 0 radical (unpaired) electrons. The standard InChI is InChI=1S/C10H12BrFN2O/c11-8-1-2-9(12)7(5-8)3-4-14-6-10(13)15/h1-2,5,14H,3-4,6H2,(H2,13,15). The molecule has 0 spiro atoms. The Morgan fingerprint density at radius 2 is 2.27 bits per heavy atom. The molecule has 0 aliphatic carbocycles. The molecule has 0 saturated carbocycles. The van der Waals surface area contributed by atoms with E-state index in [1.807, 2.05) is 0 Å². The van der Waals surface area contributed by atoms with Crippen LogP contribution in [0, 0.1) is 5.82 Å². The Labute approximate surface area is 96.0 Å². The molecule has 0 heterocycles. The lowest BCUT2D eigenvalue weighted by Gasteiger charge is -2.04. The Hall–Kier alpha value is -0.940. The lowest BCUT2D eigenvalue weighted by Crippen LogP contribution is -2.30. The summed E-state index contributed by atoms with van der Waals surface area (Å²) in [4.78, 5) is 10.4. The van der Waals surface area contributed by atoms with Crippen LogP contribution < -0.4 is 11.1 Å². The van der Waals surface area contributed by atoms with E-state index in [0.29, 0.717) is 18.5 Å². The molecule has 0 atom stereocenters. The van der Waals surface area contributed by atoms with Crippen molar-refractivity contribution in [2.45, 2.75) is 6.42 Å². The van der Waals surface area contributed by atoms with Gasteiger partial charge in [0.05, 0.1) is 6.54 Å². The maximum atomic E-state index is 13.2. The first kappa shape index (κ1) is 12.1. The fourth-order valence-corrected chi connectivity index (χ4v) is 1.58. The van der Waals surface area contributed by atoms with Gasteiger partial charge < -0.3 is 11.1 Å². The average molecular weight is 275 g/mol. The van der Waals surface area contributed by atoms with E-state index in [9.17, 15) is 9.18 Å². The van der Waals surface area contributed by atoms with E-state index in [0.717, 1.165) is 4.47 Å². The molecule has 5 heteroatoms. The predicted octanol–water partition coefficient (Wildman–Crippen LogP) is 1.21. The Kier molecular flexibility index (Phi) is 4.71. The number of nitrogens with one attached hydrogen (secondary N) is 1. The minimum absolute atomic E-state index is 0.121. The van der Waals surface area contributed by atoms with Crippen LogP contribution in [0.15, 0.2) is 22.7 Å². The molecule has 0 bridgehead atoms. The zero-order chi connectivity index (χ0) is 11.3. The van der Waals surface area contributed by atoms with Crippen LogP contribution in [-0.4, -0.2) is 19.0 Å². The van der Waals surface area contributed by atoms with Gasteiger partial charge in [0, 0.05) is 4.47 Å². The molecule has 15 heavy (non-hydrogen) atoms. The summed E-state index contributed by atoms with van der Waals surface area (Å²) in [5.74, 6) is -0.649. The fraction of sp³-hybridized carbons (Fsp3) is 0.300. The third kappa shape index (κ3) is 4.40. The molecule has 1 aromatic rings. The molecule has 0 aromatic heterocycles. The SMILES string of the molecule is NC(=O)CNCCc1cc(Br)ccc1F. The smallest absolute Gasteiger partial charge is 0.231 e. The van der Waals surface area contributed by atoms with Gasteiger partial charge in [-0.15, -0.1) is 0 Å². The summed E-state index contributed by atoms with van der Waals surface area (Å²) in [6.07, 6.45) is 0.526. The van der Waals surface area contributed by atoms with Gasteiger partial charge in [0.2, 0.25) is 5.91 Å². The first-order chi connectivity index (χ1) is 7.09. The van der Waals surface area contributed by atoms with E-state index in [2.05, 4.69) is 21.2 Å². The number of benzene rings is 1. The highest BCUT2D eigenvalue weighted by molar-refractivity contribution is 9.10. The van der Waals surface area contributed by atoms with Crippen molar-refractivity contribution in [1.82, 2.24) is 5.32 Å². The highest BCUT2D eigenvalue weighted by atomic mass is 79.9. The van der Waals surface area contributed by atoms with Crippen LogP contribution in [0.3, 0.4) is 0 Å². The maximum Gasteiger partial charge on any atom is 0.231 e. The number of amides is 1. The van der Waals surface area contributed by atoms with Crippen molar-refractivity contribution in [3.8, 4) is 0 Å². The van der Waals surface area contributed by atoms with Crippen molar-refractivity contribution in [1.29, 1.82) is 0 Å². The second kappa shape index (κ2) is 5.82. The number of hydrogen-bond donors (Lipinski definition) is 2. The Morgan fingerprint density at radius 1 is 1.53 bits per heavy atom. The summed E-state index contributed by atoms with van der Waals surface area (Å²) in [5.41, 5.74) is 5.56. The van der Waals surface area contributed by atoms with Crippen LogP contribution in [0.5, 0.6) is 0 Å².